The van der Waals surface area contributed by atoms with Crippen molar-refractivity contribution in [2.75, 3.05) is 6.61 Å². The Morgan fingerprint density at radius 2 is 2.10 bits per heavy atom. The molecular weight excluding hydrogens is 260 g/mol. The van der Waals surface area contributed by atoms with Gasteiger partial charge in [-0.05, 0) is 55.1 Å². The van der Waals surface area contributed by atoms with E-state index < -0.39 is 0 Å². The highest BCUT2D eigenvalue weighted by Gasteiger charge is 2.40. The van der Waals surface area contributed by atoms with Crippen LogP contribution in [0.1, 0.15) is 63.4 Å². The molecule has 2 atom stereocenters. The summed E-state index contributed by atoms with van der Waals surface area (Å²) < 4.78 is 5.79. The maximum Gasteiger partial charge on any atom is 0.122 e. The van der Waals surface area contributed by atoms with E-state index in [4.69, 9.17) is 10.6 Å². The van der Waals surface area contributed by atoms with Crippen LogP contribution in [0.25, 0.3) is 0 Å². The molecule has 0 spiro atoms. The summed E-state index contributed by atoms with van der Waals surface area (Å²) >= 11 is 0. The number of fused-ring (bicyclic) bond motifs is 1. The van der Waals surface area contributed by atoms with E-state index in [1.54, 1.807) is 0 Å². The number of nitrogens with one attached hydrogen (secondary N) is 1. The van der Waals surface area contributed by atoms with Crippen LogP contribution in [-0.4, -0.2) is 12.6 Å². The van der Waals surface area contributed by atoms with Gasteiger partial charge in [0, 0.05) is 6.04 Å². The van der Waals surface area contributed by atoms with Gasteiger partial charge in [-0.25, -0.2) is 0 Å². The molecule has 3 N–H and O–H groups in total. The van der Waals surface area contributed by atoms with Gasteiger partial charge in [-0.2, -0.15) is 0 Å². The Balaban J connectivity index is 1.79. The van der Waals surface area contributed by atoms with Crippen molar-refractivity contribution >= 4 is 0 Å². The lowest BCUT2D eigenvalue weighted by Gasteiger charge is -2.39. The number of hydrazine groups is 1. The van der Waals surface area contributed by atoms with Gasteiger partial charge in [0.25, 0.3) is 0 Å². The Kier molecular flexibility index (Phi) is 4.51. The minimum atomic E-state index is 0.405. The summed E-state index contributed by atoms with van der Waals surface area (Å²) in [5.74, 6) is 7.61. The highest BCUT2D eigenvalue weighted by atomic mass is 16.5. The van der Waals surface area contributed by atoms with Crippen LogP contribution in [0.4, 0.5) is 0 Å². The molecule has 1 heterocycles. The smallest absolute Gasteiger partial charge is 0.122 e. The van der Waals surface area contributed by atoms with E-state index in [-0.39, 0.29) is 0 Å². The van der Waals surface area contributed by atoms with Crippen molar-refractivity contribution in [3.05, 3.63) is 29.8 Å². The number of benzene rings is 1. The third-order valence-corrected chi connectivity index (χ3v) is 5.85. The normalized spacial score (nSPS) is 25.1. The van der Waals surface area contributed by atoms with E-state index in [9.17, 15) is 0 Å². The molecule has 2 unspecified atom stereocenters. The molecule has 0 radical (unpaired) electrons. The first-order valence-corrected chi connectivity index (χ1v) is 8.47. The predicted molar refractivity (Wildman–Crippen MR) is 86.2 cm³/mol. The summed E-state index contributed by atoms with van der Waals surface area (Å²) in [6, 6.07) is 8.92. The molecule has 3 nitrogen and oxygen atoms in total. The van der Waals surface area contributed by atoms with Crippen molar-refractivity contribution in [1.29, 1.82) is 0 Å². The molecular formula is C18H28N2O. The molecule has 3 heteroatoms. The first-order chi connectivity index (χ1) is 10.3. The summed E-state index contributed by atoms with van der Waals surface area (Å²) in [6.07, 6.45) is 8.83. The molecule has 1 aliphatic carbocycles. The molecule has 1 aromatic carbocycles. The molecule has 1 saturated carbocycles. The summed E-state index contributed by atoms with van der Waals surface area (Å²) in [5.41, 5.74) is 4.95. The lowest BCUT2D eigenvalue weighted by atomic mass is 9.72. The highest BCUT2D eigenvalue weighted by molar-refractivity contribution is 5.37. The molecule has 3 rings (SSSR count). The van der Waals surface area contributed by atoms with Gasteiger partial charge in [-0.15, -0.1) is 0 Å². The summed E-state index contributed by atoms with van der Waals surface area (Å²) in [7, 11) is 0. The second-order valence-electron chi connectivity index (χ2n) is 6.75. The van der Waals surface area contributed by atoms with E-state index in [1.807, 2.05) is 0 Å². The topological polar surface area (TPSA) is 47.3 Å². The van der Waals surface area contributed by atoms with Gasteiger partial charge in [0.05, 0.1) is 6.61 Å². The predicted octanol–water partition coefficient (Wildman–Crippen LogP) is 3.75. The molecule has 0 aromatic heterocycles. The number of hydrogen-bond donors (Lipinski definition) is 2. The fourth-order valence-electron chi connectivity index (χ4n) is 4.47. The molecule has 0 amide bonds. The number of ether oxygens (including phenoxy) is 1. The summed E-state index contributed by atoms with van der Waals surface area (Å²) in [6.45, 7) is 3.16. The van der Waals surface area contributed by atoms with Crippen LogP contribution in [0.5, 0.6) is 5.75 Å². The quantitative estimate of drug-likeness (QED) is 0.641. The average molecular weight is 288 g/mol. The fraction of sp³-hybridized carbons (Fsp3) is 0.667. The lowest BCUT2D eigenvalue weighted by molar-refractivity contribution is 0.158. The average Bonchev–Trinajstić information content (AvgIpc) is 3.02. The molecule has 0 bridgehead atoms. The van der Waals surface area contributed by atoms with Crippen LogP contribution in [0.15, 0.2) is 24.3 Å². The zero-order valence-electron chi connectivity index (χ0n) is 13.1. The second-order valence-corrected chi connectivity index (χ2v) is 6.75. The van der Waals surface area contributed by atoms with Crippen LogP contribution >= 0.6 is 0 Å². The molecule has 116 valence electrons. The zero-order valence-corrected chi connectivity index (χ0v) is 13.1. The van der Waals surface area contributed by atoms with E-state index in [2.05, 4.69) is 36.6 Å². The number of rotatable bonds is 5. The van der Waals surface area contributed by atoms with Crippen LogP contribution in [-0.2, 0) is 0 Å². The van der Waals surface area contributed by atoms with Gasteiger partial charge >= 0.3 is 0 Å². The first kappa shape index (κ1) is 14.9. The molecule has 2 aliphatic rings. The van der Waals surface area contributed by atoms with Crippen molar-refractivity contribution < 1.29 is 4.74 Å². The van der Waals surface area contributed by atoms with Crippen LogP contribution in [0, 0.1) is 5.41 Å². The highest BCUT2D eigenvalue weighted by Crippen LogP contribution is 2.47. The lowest BCUT2D eigenvalue weighted by Crippen LogP contribution is -2.48. The Morgan fingerprint density at radius 1 is 1.33 bits per heavy atom. The van der Waals surface area contributed by atoms with Crippen molar-refractivity contribution in [3.8, 4) is 5.75 Å². The summed E-state index contributed by atoms with van der Waals surface area (Å²) in [4.78, 5) is 0. The van der Waals surface area contributed by atoms with Gasteiger partial charge in [0.1, 0.15) is 5.75 Å². The standard InChI is InChI=1S/C18H28N2O/c1-2-18(10-5-6-11-18)17(20-19)13-14-9-12-21-16-8-4-3-7-15(14)16/h3-4,7-8,14,17,20H,2,5-6,9-13,19H2,1H3. The molecule has 1 aliphatic heterocycles. The van der Waals surface area contributed by atoms with Gasteiger partial charge < -0.3 is 4.74 Å². The maximum atomic E-state index is 5.97. The number of hydrogen-bond acceptors (Lipinski definition) is 3. The van der Waals surface area contributed by atoms with Gasteiger partial charge in [-0.1, -0.05) is 38.0 Å². The SMILES string of the molecule is CCC1(C(CC2CCOc3ccccc32)NN)CCCC1. The van der Waals surface area contributed by atoms with Crippen molar-refractivity contribution in [1.82, 2.24) is 5.43 Å². The minimum Gasteiger partial charge on any atom is -0.493 e. The Bertz CT molecular complexity index is 468. The minimum absolute atomic E-state index is 0.405. The van der Waals surface area contributed by atoms with E-state index >= 15 is 0 Å². The molecule has 1 fully saturated rings. The Morgan fingerprint density at radius 3 is 2.81 bits per heavy atom. The first-order valence-electron chi connectivity index (χ1n) is 8.47. The fourth-order valence-corrected chi connectivity index (χ4v) is 4.47. The molecule has 0 saturated heterocycles. The third kappa shape index (κ3) is 2.82. The third-order valence-electron chi connectivity index (χ3n) is 5.85. The maximum absolute atomic E-state index is 5.97. The largest absolute Gasteiger partial charge is 0.493 e. The number of para-hydroxylation sites is 1. The van der Waals surface area contributed by atoms with E-state index in [1.165, 1.54) is 37.7 Å². The van der Waals surface area contributed by atoms with Gasteiger partial charge in [0.2, 0.25) is 0 Å². The van der Waals surface area contributed by atoms with Gasteiger partial charge in [0.15, 0.2) is 0 Å². The van der Waals surface area contributed by atoms with Crippen molar-refractivity contribution in [3.63, 3.8) is 0 Å². The zero-order chi connectivity index (χ0) is 14.7. The molecule has 1 aromatic rings. The monoisotopic (exact) mass is 288 g/mol. The Labute approximate surface area is 128 Å². The summed E-state index contributed by atoms with van der Waals surface area (Å²) in [5, 5.41) is 0. The van der Waals surface area contributed by atoms with Crippen LogP contribution in [0.3, 0.4) is 0 Å². The van der Waals surface area contributed by atoms with Gasteiger partial charge in [-0.3, -0.25) is 11.3 Å². The van der Waals surface area contributed by atoms with E-state index in [0.717, 1.165) is 25.2 Å². The Hall–Kier alpha value is -1.06. The molecule has 21 heavy (non-hydrogen) atoms. The van der Waals surface area contributed by atoms with E-state index in [0.29, 0.717) is 17.4 Å². The van der Waals surface area contributed by atoms with Crippen molar-refractivity contribution in [2.24, 2.45) is 11.3 Å². The van der Waals surface area contributed by atoms with Crippen LogP contribution in [0.2, 0.25) is 0 Å². The van der Waals surface area contributed by atoms with Crippen LogP contribution < -0.4 is 16.0 Å². The van der Waals surface area contributed by atoms with Crippen molar-refractivity contribution in [2.45, 2.75) is 63.8 Å². The number of nitrogens with two attached hydrogens (primary N) is 1. The second kappa shape index (κ2) is 6.37.